The quantitative estimate of drug-likeness (QED) is 0.754. The lowest BCUT2D eigenvalue weighted by molar-refractivity contribution is -0.142. The largest absolute Gasteiger partial charge is 0.485 e. The number of para-hydroxylation sites is 2. The number of fused-ring (bicyclic) bond motifs is 1. The molecule has 9 nitrogen and oxygen atoms in total. The second-order valence-corrected chi connectivity index (χ2v) is 7.26. The Hall–Kier alpha value is -3.75. The van der Waals surface area contributed by atoms with Gasteiger partial charge in [-0.25, -0.2) is 0 Å². The fourth-order valence-corrected chi connectivity index (χ4v) is 3.51. The Kier molecular flexibility index (Phi) is 5.92. The first-order valence-electron chi connectivity index (χ1n) is 9.99. The highest BCUT2D eigenvalue weighted by Gasteiger charge is 2.33. The molecule has 0 radical (unpaired) electrons. The minimum Gasteiger partial charge on any atom is -0.485 e. The van der Waals surface area contributed by atoms with E-state index in [-0.39, 0.29) is 25.0 Å². The van der Waals surface area contributed by atoms with E-state index in [9.17, 15) is 14.4 Å². The number of carbonyl (C=O) groups excluding carboxylic acids is 3. The second-order valence-electron chi connectivity index (χ2n) is 7.26. The molecule has 162 valence electrons. The van der Waals surface area contributed by atoms with Crippen molar-refractivity contribution in [2.45, 2.75) is 6.10 Å². The van der Waals surface area contributed by atoms with Crippen molar-refractivity contribution in [3.8, 4) is 17.2 Å². The number of primary amides is 1. The van der Waals surface area contributed by atoms with Crippen molar-refractivity contribution < 1.29 is 28.6 Å². The highest BCUT2D eigenvalue weighted by atomic mass is 16.6. The Morgan fingerprint density at radius 2 is 1.58 bits per heavy atom. The van der Waals surface area contributed by atoms with Crippen LogP contribution >= 0.6 is 0 Å². The molecule has 31 heavy (non-hydrogen) atoms. The van der Waals surface area contributed by atoms with Crippen LogP contribution in [0.4, 0.5) is 0 Å². The molecule has 4 rings (SSSR count). The number of hydrogen-bond donors (Lipinski definition) is 1. The van der Waals surface area contributed by atoms with Crippen LogP contribution in [-0.2, 0) is 9.59 Å². The van der Waals surface area contributed by atoms with Gasteiger partial charge in [0.05, 0.1) is 0 Å². The Labute approximate surface area is 179 Å². The Bertz CT molecular complexity index is 969. The Morgan fingerprint density at radius 1 is 0.935 bits per heavy atom. The third-order valence-corrected chi connectivity index (χ3v) is 5.14. The van der Waals surface area contributed by atoms with Crippen LogP contribution in [0.2, 0.25) is 0 Å². The van der Waals surface area contributed by atoms with E-state index in [1.54, 1.807) is 46.2 Å². The molecule has 2 aliphatic rings. The average molecular weight is 425 g/mol. The summed E-state index contributed by atoms with van der Waals surface area (Å²) >= 11 is 0. The molecule has 2 aliphatic heterocycles. The van der Waals surface area contributed by atoms with Crippen LogP contribution in [0.5, 0.6) is 17.2 Å². The number of benzene rings is 2. The molecule has 1 unspecified atom stereocenters. The standard InChI is InChI=1S/C22H23N3O6/c23-20(26)14-29-16-7-5-15(6-8-16)21(27)24-9-11-25(12-10-24)22(28)19-13-30-17-3-1-2-4-18(17)31-19/h1-8,19H,9-14H2,(H2,23,26). The number of nitrogens with two attached hydrogens (primary N) is 1. The van der Waals surface area contributed by atoms with Gasteiger partial charge in [0.15, 0.2) is 18.1 Å². The molecule has 0 spiro atoms. The zero-order valence-corrected chi connectivity index (χ0v) is 16.9. The normalized spacial score (nSPS) is 17.7. The lowest BCUT2D eigenvalue weighted by atomic mass is 10.1. The topological polar surface area (TPSA) is 111 Å². The van der Waals surface area contributed by atoms with E-state index in [0.29, 0.717) is 49.0 Å². The summed E-state index contributed by atoms with van der Waals surface area (Å²) in [5, 5.41) is 0. The van der Waals surface area contributed by atoms with E-state index >= 15 is 0 Å². The van der Waals surface area contributed by atoms with Gasteiger partial charge in [-0.05, 0) is 36.4 Å². The maximum Gasteiger partial charge on any atom is 0.267 e. The molecule has 1 fully saturated rings. The van der Waals surface area contributed by atoms with Crippen molar-refractivity contribution in [2.75, 3.05) is 39.4 Å². The van der Waals surface area contributed by atoms with Crippen molar-refractivity contribution in [2.24, 2.45) is 5.73 Å². The fraction of sp³-hybridized carbons (Fsp3) is 0.318. The van der Waals surface area contributed by atoms with Crippen LogP contribution in [0.1, 0.15) is 10.4 Å². The Balaban J connectivity index is 1.30. The predicted octanol–water partition coefficient (Wildman–Crippen LogP) is 0.675. The number of amides is 3. The first-order valence-corrected chi connectivity index (χ1v) is 9.99. The smallest absolute Gasteiger partial charge is 0.267 e. The van der Waals surface area contributed by atoms with Gasteiger partial charge in [0, 0.05) is 31.7 Å². The summed E-state index contributed by atoms with van der Waals surface area (Å²) in [4.78, 5) is 39.8. The van der Waals surface area contributed by atoms with Crippen LogP contribution in [0.15, 0.2) is 48.5 Å². The summed E-state index contributed by atoms with van der Waals surface area (Å²) in [6.07, 6.45) is -0.690. The van der Waals surface area contributed by atoms with E-state index in [2.05, 4.69) is 0 Å². The van der Waals surface area contributed by atoms with Gasteiger partial charge in [0.2, 0.25) is 6.10 Å². The number of nitrogens with zero attached hydrogens (tertiary/aromatic N) is 2. The van der Waals surface area contributed by atoms with Crippen molar-refractivity contribution in [1.29, 1.82) is 0 Å². The zero-order valence-electron chi connectivity index (χ0n) is 16.9. The van der Waals surface area contributed by atoms with E-state index in [4.69, 9.17) is 19.9 Å². The van der Waals surface area contributed by atoms with Crippen molar-refractivity contribution in [3.63, 3.8) is 0 Å². The zero-order chi connectivity index (χ0) is 21.8. The minimum atomic E-state index is -0.690. The lowest BCUT2D eigenvalue weighted by Crippen LogP contribution is -2.55. The molecule has 2 aromatic rings. The summed E-state index contributed by atoms with van der Waals surface area (Å²) < 4.78 is 16.6. The SMILES string of the molecule is NC(=O)COc1ccc(C(=O)N2CCN(C(=O)C3COc4ccccc4O3)CC2)cc1. The van der Waals surface area contributed by atoms with Gasteiger partial charge in [-0.2, -0.15) is 0 Å². The molecular formula is C22H23N3O6. The lowest BCUT2D eigenvalue weighted by Gasteiger charge is -2.37. The summed E-state index contributed by atoms with van der Waals surface area (Å²) in [5.41, 5.74) is 5.56. The first kappa shape index (κ1) is 20.5. The van der Waals surface area contributed by atoms with E-state index in [0.717, 1.165) is 0 Å². The maximum absolute atomic E-state index is 12.8. The predicted molar refractivity (Wildman–Crippen MR) is 110 cm³/mol. The van der Waals surface area contributed by atoms with Crippen LogP contribution < -0.4 is 19.9 Å². The number of hydrogen-bond acceptors (Lipinski definition) is 6. The number of carbonyl (C=O) groups is 3. The highest BCUT2D eigenvalue weighted by molar-refractivity contribution is 5.94. The van der Waals surface area contributed by atoms with E-state index < -0.39 is 12.0 Å². The molecule has 0 aromatic heterocycles. The van der Waals surface area contributed by atoms with Crippen LogP contribution in [0.25, 0.3) is 0 Å². The Morgan fingerprint density at radius 3 is 2.26 bits per heavy atom. The number of ether oxygens (including phenoxy) is 3. The van der Waals surface area contributed by atoms with Gasteiger partial charge in [0.1, 0.15) is 12.4 Å². The third kappa shape index (κ3) is 4.71. The molecular weight excluding hydrogens is 402 g/mol. The molecule has 9 heteroatoms. The monoisotopic (exact) mass is 425 g/mol. The summed E-state index contributed by atoms with van der Waals surface area (Å²) in [6.45, 7) is 1.64. The van der Waals surface area contributed by atoms with Gasteiger partial charge >= 0.3 is 0 Å². The van der Waals surface area contributed by atoms with Gasteiger partial charge in [-0.15, -0.1) is 0 Å². The summed E-state index contributed by atoms with van der Waals surface area (Å²) in [6, 6.07) is 13.8. The molecule has 0 aliphatic carbocycles. The molecule has 2 heterocycles. The molecule has 1 atom stereocenters. The van der Waals surface area contributed by atoms with Crippen molar-refractivity contribution in [3.05, 3.63) is 54.1 Å². The average Bonchev–Trinajstić information content (AvgIpc) is 2.82. The van der Waals surface area contributed by atoms with Crippen LogP contribution in [0, 0.1) is 0 Å². The van der Waals surface area contributed by atoms with Crippen LogP contribution in [0.3, 0.4) is 0 Å². The molecule has 2 aromatic carbocycles. The molecule has 2 N–H and O–H groups in total. The van der Waals surface area contributed by atoms with Gasteiger partial charge < -0.3 is 29.7 Å². The fourth-order valence-electron chi connectivity index (χ4n) is 3.51. The number of piperazine rings is 1. The van der Waals surface area contributed by atoms with E-state index in [1.165, 1.54) is 0 Å². The maximum atomic E-state index is 12.8. The second kappa shape index (κ2) is 8.95. The highest BCUT2D eigenvalue weighted by Crippen LogP contribution is 2.31. The van der Waals surface area contributed by atoms with Crippen molar-refractivity contribution >= 4 is 17.7 Å². The molecule has 0 saturated carbocycles. The minimum absolute atomic E-state index is 0.125. The summed E-state index contributed by atoms with van der Waals surface area (Å²) in [5.74, 6) is 0.818. The summed E-state index contributed by atoms with van der Waals surface area (Å²) in [7, 11) is 0. The molecule has 0 bridgehead atoms. The van der Waals surface area contributed by atoms with Crippen LogP contribution in [-0.4, -0.2) is 73.0 Å². The first-order chi connectivity index (χ1) is 15.0. The van der Waals surface area contributed by atoms with Gasteiger partial charge in [-0.3, -0.25) is 14.4 Å². The molecule has 3 amide bonds. The van der Waals surface area contributed by atoms with Gasteiger partial charge in [-0.1, -0.05) is 12.1 Å². The number of rotatable bonds is 5. The van der Waals surface area contributed by atoms with Crippen molar-refractivity contribution in [1.82, 2.24) is 9.80 Å². The third-order valence-electron chi connectivity index (χ3n) is 5.14. The van der Waals surface area contributed by atoms with Gasteiger partial charge in [0.25, 0.3) is 17.7 Å². The van der Waals surface area contributed by atoms with E-state index in [1.807, 2.05) is 12.1 Å². The molecule has 1 saturated heterocycles.